The van der Waals surface area contributed by atoms with Gasteiger partial charge in [-0.1, -0.05) is 23.5 Å². The highest BCUT2D eigenvalue weighted by Gasteiger charge is 2.05. The molecule has 0 atom stereocenters. The van der Waals surface area contributed by atoms with E-state index >= 15 is 0 Å². The summed E-state index contributed by atoms with van der Waals surface area (Å²) in [4.78, 5) is 16.4. The lowest BCUT2D eigenvalue weighted by molar-refractivity contribution is 0.938. The zero-order valence-electron chi connectivity index (χ0n) is 7.04. The number of nitrogens with zero attached hydrogens (tertiary/aromatic N) is 3. The Morgan fingerprint density at radius 3 is 3.07 bits per heavy atom. The molecule has 5 heteroatoms. The smallest absolute Gasteiger partial charge is 0.267 e. The average molecular weight is 203 g/mol. The summed E-state index contributed by atoms with van der Waals surface area (Å²) in [6.07, 6.45) is 1.39. The quantitative estimate of drug-likeness (QED) is 0.553. The molecule has 1 aromatic carbocycles. The van der Waals surface area contributed by atoms with Crippen LogP contribution < -0.4 is 5.56 Å². The van der Waals surface area contributed by atoms with Gasteiger partial charge in [-0.15, -0.1) is 0 Å². The molecule has 0 unspecified atom stereocenters. The summed E-state index contributed by atoms with van der Waals surface area (Å²) < 4.78 is 2.27. The second kappa shape index (κ2) is 2.62. The fraction of sp³-hybridized carbons (Fsp3) is 0. The first-order valence-electron chi connectivity index (χ1n) is 4.08. The molecule has 14 heavy (non-hydrogen) atoms. The van der Waals surface area contributed by atoms with Crippen LogP contribution in [0, 0.1) is 0 Å². The fourth-order valence-electron chi connectivity index (χ4n) is 1.38. The Morgan fingerprint density at radius 1 is 1.29 bits per heavy atom. The van der Waals surface area contributed by atoms with Gasteiger partial charge in [0.2, 0.25) is 4.96 Å². The summed E-state index contributed by atoms with van der Waals surface area (Å²) in [5.74, 6) is 0. The minimum absolute atomic E-state index is 0.105. The summed E-state index contributed by atoms with van der Waals surface area (Å²) in [6.45, 7) is 0. The van der Waals surface area contributed by atoms with Crippen LogP contribution in [0.15, 0.2) is 35.4 Å². The molecule has 3 aromatic rings. The van der Waals surface area contributed by atoms with Crippen LogP contribution in [0.2, 0.25) is 0 Å². The van der Waals surface area contributed by atoms with Crippen LogP contribution >= 0.6 is 11.3 Å². The Bertz CT molecular complexity index is 670. The maximum absolute atomic E-state index is 11.8. The minimum Gasteiger partial charge on any atom is -0.267 e. The van der Waals surface area contributed by atoms with E-state index in [1.807, 2.05) is 18.2 Å². The van der Waals surface area contributed by atoms with Gasteiger partial charge >= 0.3 is 0 Å². The molecule has 0 N–H and O–H groups in total. The molecule has 0 saturated heterocycles. The van der Waals surface area contributed by atoms with Crippen molar-refractivity contribution >= 4 is 26.4 Å². The number of rotatable bonds is 0. The average Bonchev–Trinajstić information content (AvgIpc) is 2.66. The summed E-state index contributed by atoms with van der Waals surface area (Å²) >= 11 is 1.46. The number of hydrogen-bond acceptors (Lipinski definition) is 4. The number of hydrogen-bond donors (Lipinski definition) is 0. The van der Waals surface area contributed by atoms with Crippen molar-refractivity contribution in [2.75, 3.05) is 0 Å². The maximum Gasteiger partial charge on any atom is 0.282 e. The maximum atomic E-state index is 11.8. The van der Waals surface area contributed by atoms with Crippen LogP contribution in [-0.2, 0) is 0 Å². The predicted molar refractivity (Wildman–Crippen MR) is 54.6 cm³/mol. The third-order valence-electron chi connectivity index (χ3n) is 2.03. The van der Waals surface area contributed by atoms with Gasteiger partial charge in [0.1, 0.15) is 6.33 Å². The Balaban J connectivity index is 2.70. The highest BCUT2D eigenvalue weighted by molar-refractivity contribution is 7.23. The van der Waals surface area contributed by atoms with E-state index < -0.39 is 0 Å². The van der Waals surface area contributed by atoms with Gasteiger partial charge in [0.05, 0.1) is 5.39 Å². The first kappa shape index (κ1) is 7.64. The van der Waals surface area contributed by atoms with E-state index in [-0.39, 0.29) is 5.56 Å². The predicted octanol–water partition coefficient (Wildman–Crippen LogP) is 1.30. The standard InChI is InChI=1S/C9H5N3OS/c13-8-6-3-1-2-4-7(6)14-9-10-5-11-12(8)9/h1-5H. The van der Waals surface area contributed by atoms with Crippen LogP contribution in [0.5, 0.6) is 0 Å². The fourth-order valence-corrected chi connectivity index (χ4v) is 2.31. The zero-order valence-corrected chi connectivity index (χ0v) is 7.86. The number of aromatic nitrogens is 3. The first-order chi connectivity index (χ1) is 6.86. The van der Waals surface area contributed by atoms with E-state index in [0.29, 0.717) is 10.3 Å². The van der Waals surface area contributed by atoms with Gasteiger partial charge in [-0.3, -0.25) is 4.79 Å². The molecular weight excluding hydrogens is 198 g/mol. The molecule has 0 aliphatic carbocycles. The highest BCUT2D eigenvalue weighted by atomic mass is 32.1. The van der Waals surface area contributed by atoms with Crippen LogP contribution in [-0.4, -0.2) is 14.6 Å². The highest BCUT2D eigenvalue weighted by Crippen LogP contribution is 2.17. The van der Waals surface area contributed by atoms with Crippen molar-refractivity contribution in [1.29, 1.82) is 0 Å². The summed E-state index contributed by atoms with van der Waals surface area (Å²) in [7, 11) is 0. The molecule has 0 aliphatic rings. The molecular formula is C9H5N3OS. The molecule has 0 spiro atoms. The van der Waals surface area contributed by atoms with E-state index in [0.717, 1.165) is 4.70 Å². The monoisotopic (exact) mass is 203 g/mol. The lowest BCUT2D eigenvalue weighted by atomic mass is 10.3. The van der Waals surface area contributed by atoms with E-state index in [1.165, 1.54) is 22.2 Å². The van der Waals surface area contributed by atoms with Crippen LogP contribution in [0.4, 0.5) is 0 Å². The van der Waals surface area contributed by atoms with Gasteiger partial charge in [0.15, 0.2) is 0 Å². The second-order valence-corrected chi connectivity index (χ2v) is 3.87. The number of fused-ring (bicyclic) bond motifs is 2. The van der Waals surface area contributed by atoms with Gasteiger partial charge in [-0.2, -0.15) is 9.61 Å². The molecule has 0 saturated carbocycles. The third kappa shape index (κ3) is 0.898. The van der Waals surface area contributed by atoms with E-state index in [4.69, 9.17) is 0 Å². The molecule has 0 bridgehead atoms. The van der Waals surface area contributed by atoms with Crippen molar-refractivity contribution in [3.8, 4) is 0 Å². The topological polar surface area (TPSA) is 47.3 Å². The Kier molecular flexibility index (Phi) is 1.43. The molecule has 4 nitrogen and oxygen atoms in total. The SMILES string of the molecule is O=c1c2ccccc2sc2ncnn12. The zero-order chi connectivity index (χ0) is 9.54. The summed E-state index contributed by atoms with van der Waals surface area (Å²) in [6, 6.07) is 7.47. The summed E-state index contributed by atoms with van der Waals surface area (Å²) in [5.41, 5.74) is -0.105. The Hall–Kier alpha value is -1.75. The lowest BCUT2D eigenvalue weighted by Crippen LogP contribution is -2.12. The van der Waals surface area contributed by atoms with Crippen LogP contribution in [0.1, 0.15) is 0 Å². The molecule has 3 rings (SSSR count). The second-order valence-electron chi connectivity index (χ2n) is 2.86. The molecule has 0 radical (unpaired) electrons. The van der Waals surface area contributed by atoms with Gasteiger partial charge in [-0.05, 0) is 12.1 Å². The van der Waals surface area contributed by atoms with E-state index in [9.17, 15) is 4.79 Å². The van der Waals surface area contributed by atoms with Crippen molar-refractivity contribution in [2.24, 2.45) is 0 Å². The van der Waals surface area contributed by atoms with Gasteiger partial charge < -0.3 is 0 Å². The Labute approximate surface area is 82.5 Å². The normalized spacial score (nSPS) is 11.1. The first-order valence-corrected chi connectivity index (χ1v) is 4.89. The lowest BCUT2D eigenvalue weighted by Gasteiger charge is -1.94. The number of benzene rings is 1. The minimum atomic E-state index is -0.105. The molecule has 0 amide bonds. The van der Waals surface area contributed by atoms with Crippen molar-refractivity contribution in [3.63, 3.8) is 0 Å². The largest absolute Gasteiger partial charge is 0.282 e. The van der Waals surface area contributed by atoms with Gasteiger partial charge in [0.25, 0.3) is 5.56 Å². The van der Waals surface area contributed by atoms with E-state index in [2.05, 4.69) is 10.1 Å². The van der Waals surface area contributed by atoms with E-state index in [1.54, 1.807) is 6.07 Å². The molecule has 2 aromatic heterocycles. The van der Waals surface area contributed by atoms with Crippen LogP contribution in [0.25, 0.3) is 15.0 Å². The molecule has 0 fully saturated rings. The molecule has 2 heterocycles. The Morgan fingerprint density at radius 2 is 2.14 bits per heavy atom. The van der Waals surface area contributed by atoms with Crippen molar-refractivity contribution < 1.29 is 0 Å². The van der Waals surface area contributed by atoms with Crippen molar-refractivity contribution in [3.05, 3.63) is 40.9 Å². The van der Waals surface area contributed by atoms with Crippen LogP contribution in [0.3, 0.4) is 0 Å². The van der Waals surface area contributed by atoms with Gasteiger partial charge in [0, 0.05) is 4.70 Å². The molecule has 68 valence electrons. The van der Waals surface area contributed by atoms with Gasteiger partial charge in [-0.25, -0.2) is 4.98 Å². The van der Waals surface area contributed by atoms with Crippen molar-refractivity contribution in [2.45, 2.75) is 0 Å². The third-order valence-corrected chi connectivity index (χ3v) is 3.06. The van der Waals surface area contributed by atoms with Crippen molar-refractivity contribution in [1.82, 2.24) is 14.6 Å². The summed E-state index contributed by atoms with van der Waals surface area (Å²) in [5, 5.41) is 4.56. The molecule has 0 aliphatic heterocycles.